The molecule has 1 aromatic rings. The van der Waals surface area contributed by atoms with Crippen LogP contribution in [0.2, 0.25) is 0 Å². The van der Waals surface area contributed by atoms with Crippen LogP contribution < -0.4 is 5.32 Å². The molecule has 2 nitrogen and oxygen atoms in total. The van der Waals surface area contributed by atoms with Crippen LogP contribution in [0.1, 0.15) is 18.5 Å². The van der Waals surface area contributed by atoms with Gasteiger partial charge in [-0.1, -0.05) is 30.3 Å². The van der Waals surface area contributed by atoms with Crippen LogP contribution in [0.3, 0.4) is 0 Å². The van der Waals surface area contributed by atoms with Crippen molar-refractivity contribution in [1.82, 2.24) is 5.32 Å². The molecule has 0 spiro atoms. The highest BCUT2D eigenvalue weighted by Gasteiger charge is 2.10. The molecule has 0 heterocycles. The van der Waals surface area contributed by atoms with Gasteiger partial charge in [-0.2, -0.15) is 0 Å². The molecule has 0 radical (unpaired) electrons. The summed E-state index contributed by atoms with van der Waals surface area (Å²) in [5, 5.41) is 12.1. The fourth-order valence-electron chi connectivity index (χ4n) is 1.21. The summed E-state index contributed by atoms with van der Waals surface area (Å²) in [7, 11) is 0. The predicted molar refractivity (Wildman–Crippen MR) is 54.7 cm³/mol. The Kier molecular flexibility index (Phi) is 4.22. The molecule has 2 atom stereocenters. The molecule has 0 aliphatic carbocycles. The third-order valence-electron chi connectivity index (χ3n) is 1.80. The number of alkyl halides is 1. The van der Waals surface area contributed by atoms with Crippen LogP contribution >= 0.6 is 11.6 Å². The first kappa shape index (κ1) is 10.5. The molecule has 0 aliphatic heterocycles. The average molecular weight is 200 g/mol. The van der Waals surface area contributed by atoms with E-state index in [0.717, 1.165) is 5.56 Å². The second-order valence-electron chi connectivity index (χ2n) is 2.96. The molecule has 0 aliphatic rings. The molecule has 1 rings (SSSR count). The molecule has 3 heteroatoms. The van der Waals surface area contributed by atoms with Gasteiger partial charge in [-0.3, -0.25) is 5.32 Å². The lowest BCUT2D eigenvalue weighted by Gasteiger charge is -2.18. The summed E-state index contributed by atoms with van der Waals surface area (Å²) in [4.78, 5) is 0. The maximum atomic E-state index is 9.15. The van der Waals surface area contributed by atoms with Gasteiger partial charge in [-0.15, -0.1) is 11.6 Å². The largest absolute Gasteiger partial charge is 0.379 e. The van der Waals surface area contributed by atoms with E-state index >= 15 is 0 Å². The highest BCUT2D eigenvalue weighted by molar-refractivity contribution is 6.18. The highest BCUT2D eigenvalue weighted by Crippen LogP contribution is 2.14. The van der Waals surface area contributed by atoms with E-state index in [-0.39, 0.29) is 6.04 Å². The maximum absolute atomic E-state index is 9.15. The lowest BCUT2D eigenvalue weighted by molar-refractivity contribution is 0.144. The Balaban J connectivity index is 2.67. The van der Waals surface area contributed by atoms with Gasteiger partial charge in [0, 0.05) is 11.9 Å². The van der Waals surface area contributed by atoms with E-state index in [4.69, 9.17) is 16.7 Å². The van der Waals surface area contributed by atoms with E-state index in [1.807, 2.05) is 30.3 Å². The number of nitrogens with one attached hydrogen (secondary N) is 1. The van der Waals surface area contributed by atoms with Crippen LogP contribution in [0.4, 0.5) is 0 Å². The molecule has 0 saturated carbocycles. The van der Waals surface area contributed by atoms with Gasteiger partial charge in [0.05, 0.1) is 0 Å². The van der Waals surface area contributed by atoms with Crippen molar-refractivity contribution in [3.05, 3.63) is 35.9 Å². The van der Waals surface area contributed by atoms with Gasteiger partial charge in [-0.05, 0) is 12.5 Å². The van der Waals surface area contributed by atoms with Crippen molar-refractivity contribution in [3.8, 4) is 0 Å². The maximum Gasteiger partial charge on any atom is 0.102 e. The van der Waals surface area contributed by atoms with Crippen LogP contribution in [0, 0.1) is 0 Å². The lowest BCUT2D eigenvalue weighted by atomic mass is 10.1. The Morgan fingerprint density at radius 3 is 2.46 bits per heavy atom. The molecule has 1 aromatic carbocycles. The fraction of sp³-hybridized carbons (Fsp3) is 0.400. The molecular formula is C10H14ClNO. The van der Waals surface area contributed by atoms with E-state index in [0.29, 0.717) is 5.88 Å². The summed E-state index contributed by atoms with van der Waals surface area (Å²) in [5.41, 5.74) is 1.10. The normalized spacial score (nSPS) is 15.3. The predicted octanol–water partition coefficient (Wildman–Crippen LogP) is 1.89. The van der Waals surface area contributed by atoms with Crippen molar-refractivity contribution in [3.63, 3.8) is 0 Å². The Bertz CT molecular complexity index is 238. The van der Waals surface area contributed by atoms with Crippen molar-refractivity contribution in [2.45, 2.75) is 19.2 Å². The minimum absolute atomic E-state index is 0.0165. The van der Waals surface area contributed by atoms with Crippen LogP contribution in [0.15, 0.2) is 30.3 Å². The third kappa shape index (κ3) is 3.35. The summed E-state index contributed by atoms with van der Waals surface area (Å²) in [5.74, 6) is 0.453. The summed E-state index contributed by atoms with van der Waals surface area (Å²) < 4.78 is 0. The van der Waals surface area contributed by atoms with E-state index in [2.05, 4.69) is 5.32 Å². The van der Waals surface area contributed by atoms with E-state index in [1.54, 1.807) is 6.92 Å². The second kappa shape index (κ2) is 5.22. The Morgan fingerprint density at radius 2 is 2.00 bits per heavy atom. The first-order valence-corrected chi connectivity index (χ1v) is 4.82. The fourth-order valence-corrected chi connectivity index (χ4v) is 1.47. The monoisotopic (exact) mass is 199 g/mol. The molecule has 1 unspecified atom stereocenters. The van der Waals surface area contributed by atoms with Crippen molar-refractivity contribution < 1.29 is 5.11 Å². The molecule has 13 heavy (non-hydrogen) atoms. The molecule has 0 fully saturated rings. The molecular weight excluding hydrogens is 186 g/mol. The Morgan fingerprint density at radius 1 is 1.38 bits per heavy atom. The van der Waals surface area contributed by atoms with E-state index in [1.165, 1.54) is 0 Å². The minimum atomic E-state index is -0.538. The first-order chi connectivity index (χ1) is 6.24. The topological polar surface area (TPSA) is 32.3 Å². The molecule has 0 bridgehead atoms. The van der Waals surface area contributed by atoms with Crippen molar-refractivity contribution in [2.75, 3.05) is 5.88 Å². The lowest BCUT2D eigenvalue weighted by Crippen LogP contribution is -2.31. The van der Waals surface area contributed by atoms with Gasteiger partial charge < -0.3 is 5.11 Å². The van der Waals surface area contributed by atoms with E-state index in [9.17, 15) is 0 Å². The van der Waals surface area contributed by atoms with Crippen LogP contribution in [0.5, 0.6) is 0 Å². The van der Waals surface area contributed by atoms with Crippen molar-refractivity contribution in [1.29, 1.82) is 0 Å². The second-order valence-corrected chi connectivity index (χ2v) is 3.27. The van der Waals surface area contributed by atoms with Gasteiger partial charge in [0.15, 0.2) is 0 Å². The standard InChI is InChI=1S/C10H14ClNO/c1-8(13)12-10(7-11)9-5-3-2-4-6-9/h2-6,8,10,12-13H,7H2,1H3/t8?,10-/m1/s1. The summed E-state index contributed by atoms with van der Waals surface area (Å²) in [6.07, 6.45) is -0.538. The quantitative estimate of drug-likeness (QED) is 0.574. The smallest absolute Gasteiger partial charge is 0.102 e. The SMILES string of the molecule is CC(O)N[C@H](CCl)c1ccccc1. The summed E-state index contributed by atoms with van der Waals surface area (Å²) in [6.45, 7) is 1.68. The van der Waals surface area contributed by atoms with Crippen LogP contribution in [0.25, 0.3) is 0 Å². The van der Waals surface area contributed by atoms with E-state index < -0.39 is 6.23 Å². The number of rotatable bonds is 4. The third-order valence-corrected chi connectivity index (χ3v) is 2.11. The van der Waals surface area contributed by atoms with Crippen LogP contribution in [-0.4, -0.2) is 17.2 Å². The highest BCUT2D eigenvalue weighted by atomic mass is 35.5. The van der Waals surface area contributed by atoms with Gasteiger partial charge in [0.2, 0.25) is 0 Å². The van der Waals surface area contributed by atoms with Crippen LogP contribution in [-0.2, 0) is 0 Å². The number of benzene rings is 1. The molecule has 0 saturated heterocycles. The first-order valence-electron chi connectivity index (χ1n) is 4.29. The number of hydrogen-bond acceptors (Lipinski definition) is 2. The number of halogens is 1. The number of aliphatic hydroxyl groups excluding tert-OH is 1. The minimum Gasteiger partial charge on any atom is -0.379 e. The van der Waals surface area contributed by atoms with Gasteiger partial charge >= 0.3 is 0 Å². The van der Waals surface area contributed by atoms with Gasteiger partial charge in [-0.25, -0.2) is 0 Å². The molecule has 0 amide bonds. The zero-order valence-electron chi connectivity index (χ0n) is 7.57. The number of hydrogen-bond donors (Lipinski definition) is 2. The summed E-state index contributed by atoms with van der Waals surface area (Å²) >= 11 is 5.77. The number of aliphatic hydroxyl groups is 1. The van der Waals surface area contributed by atoms with Crippen molar-refractivity contribution in [2.24, 2.45) is 0 Å². The average Bonchev–Trinajstić information content (AvgIpc) is 2.15. The zero-order valence-corrected chi connectivity index (χ0v) is 8.33. The Hall–Kier alpha value is -0.570. The Labute approximate surface area is 83.5 Å². The summed E-state index contributed by atoms with van der Waals surface area (Å²) in [6, 6.07) is 9.86. The molecule has 2 N–H and O–H groups in total. The zero-order chi connectivity index (χ0) is 9.68. The van der Waals surface area contributed by atoms with Crippen molar-refractivity contribution >= 4 is 11.6 Å². The van der Waals surface area contributed by atoms with Gasteiger partial charge in [0.1, 0.15) is 6.23 Å². The molecule has 0 aromatic heterocycles. The van der Waals surface area contributed by atoms with Gasteiger partial charge in [0.25, 0.3) is 0 Å². The molecule has 72 valence electrons.